The van der Waals surface area contributed by atoms with E-state index in [0.717, 1.165) is 11.1 Å². The number of likely N-dealkylation sites (tertiary alicyclic amines) is 1. The number of carbonyl (C=O) groups is 2. The third kappa shape index (κ3) is 9.04. The second-order valence-corrected chi connectivity index (χ2v) is 13.2. The van der Waals surface area contributed by atoms with Crippen LogP contribution in [0.2, 0.25) is 0 Å². The highest BCUT2D eigenvalue weighted by molar-refractivity contribution is 5.98. The molecule has 2 aliphatic heterocycles. The largest absolute Gasteiger partial charge is 0.471 e. The highest BCUT2D eigenvalue weighted by Crippen LogP contribution is 2.42. The minimum absolute atomic E-state index is 0.0782. The van der Waals surface area contributed by atoms with Crippen molar-refractivity contribution in [3.63, 3.8) is 0 Å². The van der Waals surface area contributed by atoms with Gasteiger partial charge in [0.05, 0.1) is 18.8 Å². The fraction of sp³-hybridized carbons (Fsp3) is 0.350. The summed E-state index contributed by atoms with van der Waals surface area (Å²) in [7, 11) is 0. The average Bonchev–Trinajstić information content (AvgIpc) is 3.63. The number of hydrogen-bond acceptors (Lipinski definition) is 6. The second-order valence-electron chi connectivity index (χ2n) is 13.2. The van der Waals surface area contributed by atoms with Gasteiger partial charge >= 0.3 is 12.1 Å². The van der Waals surface area contributed by atoms with Gasteiger partial charge in [-0.15, -0.1) is 0 Å². The lowest BCUT2D eigenvalue weighted by Gasteiger charge is -2.43. The van der Waals surface area contributed by atoms with Crippen molar-refractivity contribution in [3.05, 3.63) is 137 Å². The van der Waals surface area contributed by atoms with Crippen molar-refractivity contribution in [3.8, 4) is 0 Å². The van der Waals surface area contributed by atoms with Crippen LogP contribution < -0.4 is 5.32 Å². The van der Waals surface area contributed by atoms with Gasteiger partial charge in [0.25, 0.3) is 0 Å². The Balaban J connectivity index is 1.26. The van der Waals surface area contributed by atoms with Crippen LogP contribution in [0.1, 0.15) is 60.0 Å². The van der Waals surface area contributed by atoms with E-state index in [9.17, 15) is 27.9 Å². The van der Waals surface area contributed by atoms with Crippen LogP contribution in [0.4, 0.5) is 18.9 Å². The van der Waals surface area contributed by atoms with Crippen molar-refractivity contribution < 1.29 is 37.3 Å². The summed E-state index contributed by atoms with van der Waals surface area (Å²) in [4.78, 5) is 28.1. The first-order valence-corrected chi connectivity index (χ1v) is 17.2. The Morgan fingerprint density at radius 3 is 2.10 bits per heavy atom. The molecular formula is C40H42F3N3O5. The smallest absolute Gasteiger partial charge is 0.392 e. The fourth-order valence-corrected chi connectivity index (χ4v) is 6.88. The van der Waals surface area contributed by atoms with Crippen molar-refractivity contribution in [1.82, 2.24) is 9.80 Å². The molecule has 5 unspecified atom stereocenters. The van der Waals surface area contributed by atoms with Crippen molar-refractivity contribution in [1.29, 1.82) is 0 Å². The van der Waals surface area contributed by atoms with Gasteiger partial charge < -0.3 is 24.8 Å². The first-order valence-electron chi connectivity index (χ1n) is 17.2. The molecule has 0 saturated carbocycles. The molecule has 11 heteroatoms. The maximum Gasteiger partial charge on any atom is 0.471 e. The fourth-order valence-electron chi connectivity index (χ4n) is 6.88. The van der Waals surface area contributed by atoms with Crippen molar-refractivity contribution in [2.45, 2.75) is 70.2 Å². The van der Waals surface area contributed by atoms with Gasteiger partial charge in [0, 0.05) is 43.3 Å². The topological polar surface area (TPSA) is 91.3 Å². The molecule has 2 N–H and O–H groups in total. The highest BCUT2D eigenvalue weighted by Gasteiger charge is 2.47. The van der Waals surface area contributed by atoms with Crippen LogP contribution in [0.3, 0.4) is 0 Å². The quantitative estimate of drug-likeness (QED) is 0.173. The van der Waals surface area contributed by atoms with Crippen LogP contribution in [0.15, 0.2) is 109 Å². The van der Waals surface area contributed by atoms with Crippen molar-refractivity contribution in [2.24, 2.45) is 5.92 Å². The standard InChI is InChI=1S/C40H42F3N3O5/c1-27-35(25-45(23-28-10-4-2-5-11-28)24-29-12-6-3-7-13-29)50-38(51-36(27)31-19-17-30(26-47)18-20-31)32-14-8-15-33(22-32)44-37(48)34-16-9-21-46(34)39(49)40(41,42)43/h2-8,10-15,17-20,22,27,34-36,38,47H,9,16,21,23-26H2,1H3,(H,44,48). The van der Waals surface area contributed by atoms with E-state index < -0.39 is 30.3 Å². The van der Waals surface area contributed by atoms with Crippen LogP contribution in [0.5, 0.6) is 0 Å². The number of nitrogens with zero attached hydrogens (tertiary/aromatic N) is 2. The number of amides is 2. The molecule has 5 atom stereocenters. The maximum absolute atomic E-state index is 13.2. The number of carbonyl (C=O) groups excluding carboxylic acids is 2. The lowest BCUT2D eigenvalue weighted by molar-refractivity contribution is -0.276. The zero-order valence-electron chi connectivity index (χ0n) is 28.3. The van der Waals surface area contributed by atoms with Gasteiger partial charge in [0.2, 0.25) is 5.91 Å². The summed E-state index contributed by atoms with van der Waals surface area (Å²) >= 11 is 0. The number of anilines is 1. The molecule has 2 aliphatic rings. The van der Waals surface area contributed by atoms with Crippen molar-refractivity contribution >= 4 is 17.5 Å². The zero-order valence-corrected chi connectivity index (χ0v) is 28.3. The van der Waals surface area contributed by atoms with Gasteiger partial charge in [-0.1, -0.05) is 104 Å². The first-order chi connectivity index (χ1) is 24.6. The van der Waals surface area contributed by atoms with Crippen LogP contribution in [-0.2, 0) is 38.8 Å². The average molecular weight is 702 g/mol. The lowest BCUT2D eigenvalue weighted by atomic mass is 9.89. The molecule has 0 bridgehead atoms. The van der Waals surface area contributed by atoms with E-state index in [0.29, 0.717) is 42.2 Å². The molecule has 268 valence electrons. The molecule has 2 heterocycles. The SMILES string of the molecule is CC1C(CN(Cc2ccccc2)Cc2ccccc2)OC(c2cccc(NC(=O)C3CCCN3C(=O)C(F)(F)F)c2)OC1c1ccc(CO)cc1. The monoisotopic (exact) mass is 701 g/mol. The van der Waals surface area contributed by atoms with E-state index in [1.54, 1.807) is 18.2 Å². The van der Waals surface area contributed by atoms with E-state index in [1.807, 2.05) is 66.7 Å². The molecule has 2 amide bonds. The number of rotatable bonds is 11. The number of ether oxygens (including phenoxy) is 2. The third-order valence-corrected chi connectivity index (χ3v) is 9.54. The normalized spacial score (nSPS) is 22.2. The van der Waals surface area contributed by atoms with Gasteiger partial charge in [-0.2, -0.15) is 13.2 Å². The molecule has 2 saturated heterocycles. The number of benzene rings is 4. The zero-order chi connectivity index (χ0) is 36.0. The van der Waals surface area contributed by atoms with Crippen molar-refractivity contribution in [2.75, 3.05) is 18.4 Å². The maximum atomic E-state index is 13.2. The molecule has 51 heavy (non-hydrogen) atoms. The Kier molecular flexibility index (Phi) is 11.5. The van der Waals surface area contributed by atoms with Crippen LogP contribution in [-0.4, -0.2) is 58.1 Å². The Bertz CT molecular complexity index is 1720. The molecule has 4 aromatic carbocycles. The number of alkyl halides is 3. The van der Waals surface area contributed by atoms with Gasteiger partial charge in [-0.3, -0.25) is 14.5 Å². The molecule has 4 aromatic rings. The van der Waals surface area contributed by atoms with Gasteiger partial charge in [-0.25, -0.2) is 0 Å². The molecule has 0 aromatic heterocycles. The summed E-state index contributed by atoms with van der Waals surface area (Å²) < 4.78 is 53.0. The van der Waals surface area contributed by atoms with Crippen LogP contribution in [0.25, 0.3) is 0 Å². The molecular weight excluding hydrogens is 659 g/mol. The Hall–Kier alpha value is -4.55. The Morgan fingerprint density at radius 1 is 0.843 bits per heavy atom. The predicted molar refractivity (Wildman–Crippen MR) is 186 cm³/mol. The molecule has 0 spiro atoms. The van der Waals surface area contributed by atoms with Gasteiger partial charge in [0.1, 0.15) is 6.04 Å². The number of aliphatic hydroxyl groups excluding tert-OH is 1. The number of halogens is 3. The number of hydrogen-bond donors (Lipinski definition) is 2. The van der Waals surface area contributed by atoms with E-state index in [4.69, 9.17) is 9.47 Å². The molecule has 0 radical (unpaired) electrons. The molecule has 2 fully saturated rings. The summed E-state index contributed by atoms with van der Waals surface area (Å²) in [5.74, 6) is -2.78. The minimum Gasteiger partial charge on any atom is -0.392 e. The lowest BCUT2D eigenvalue weighted by Crippen LogP contribution is -2.48. The van der Waals surface area contributed by atoms with E-state index in [1.165, 1.54) is 11.1 Å². The van der Waals surface area contributed by atoms with Gasteiger partial charge in [-0.05, 0) is 47.2 Å². The Labute approximate surface area is 295 Å². The Morgan fingerprint density at radius 2 is 1.49 bits per heavy atom. The number of aliphatic hydroxyl groups is 1. The summed E-state index contributed by atoms with van der Waals surface area (Å²) in [6, 6.07) is 33.8. The number of nitrogens with one attached hydrogen (secondary N) is 1. The highest BCUT2D eigenvalue weighted by atomic mass is 19.4. The summed E-state index contributed by atoms with van der Waals surface area (Å²) in [5.41, 5.74) is 5.02. The third-order valence-electron chi connectivity index (χ3n) is 9.54. The van der Waals surface area contributed by atoms with E-state index >= 15 is 0 Å². The summed E-state index contributed by atoms with van der Waals surface area (Å²) in [6.45, 7) is 3.86. The first kappa shape index (κ1) is 36.2. The summed E-state index contributed by atoms with van der Waals surface area (Å²) in [5, 5.41) is 12.4. The molecule has 0 aliphatic carbocycles. The molecule has 6 rings (SSSR count). The minimum atomic E-state index is -5.06. The van der Waals surface area contributed by atoms with Crippen LogP contribution >= 0.6 is 0 Å². The van der Waals surface area contributed by atoms with Crippen LogP contribution in [0, 0.1) is 5.92 Å². The van der Waals surface area contributed by atoms with E-state index in [-0.39, 0.29) is 37.7 Å². The second kappa shape index (κ2) is 16.2. The van der Waals surface area contributed by atoms with Gasteiger partial charge in [0.15, 0.2) is 6.29 Å². The summed E-state index contributed by atoms with van der Waals surface area (Å²) in [6.07, 6.45) is -6.13. The predicted octanol–water partition coefficient (Wildman–Crippen LogP) is 7.16. The van der Waals surface area contributed by atoms with E-state index in [2.05, 4.69) is 41.4 Å². The molecule has 8 nitrogen and oxygen atoms in total.